The van der Waals surface area contributed by atoms with Crippen LogP contribution >= 0.6 is 11.3 Å². The molecule has 0 aliphatic rings. The van der Waals surface area contributed by atoms with Crippen molar-refractivity contribution in [2.24, 2.45) is 0 Å². The summed E-state index contributed by atoms with van der Waals surface area (Å²) in [5.74, 6) is 1.84. The number of rotatable bonds is 8. The Morgan fingerprint density at radius 3 is 1.33 bits per heavy atom. The number of hydrogen-bond acceptors (Lipinski definition) is 4. The van der Waals surface area contributed by atoms with E-state index in [0.29, 0.717) is 17.5 Å². The second kappa shape index (κ2) is 17.3. The molecule has 0 amide bonds. The smallest absolute Gasteiger partial charge is 0.165 e. The van der Waals surface area contributed by atoms with Crippen molar-refractivity contribution in [3.8, 4) is 84.4 Å². The third-order valence-corrected chi connectivity index (χ3v) is 15.2. The van der Waals surface area contributed by atoms with E-state index < -0.39 is 0 Å². The maximum atomic E-state index is 5.48. The van der Waals surface area contributed by atoms with E-state index in [4.69, 9.17) is 15.0 Å². The molecule has 4 nitrogen and oxygen atoms in total. The number of nitrogens with zero attached hydrogens (tertiary/aromatic N) is 4. The van der Waals surface area contributed by atoms with Gasteiger partial charge in [0.25, 0.3) is 0 Å². The molecule has 3 heterocycles. The molecule has 0 aliphatic heterocycles. The van der Waals surface area contributed by atoms with Gasteiger partial charge in [-0.25, -0.2) is 15.0 Å². The highest BCUT2D eigenvalue weighted by atomic mass is 32.1. The summed E-state index contributed by atoms with van der Waals surface area (Å²) in [6, 6.07) is 91.1. The van der Waals surface area contributed by atoms with Crippen molar-refractivity contribution < 1.29 is 0 Å². The van der Waals surface area contributed by atoms with E-state index in [2.05, 4.69) is 259 Å². The van der Waals surface area contributed by atoms with Crippen LogP contribution in [-0.4, -0.2) is 19.5 Å². The third-order valence-electron chi connectivity index (χ3n) is 14.0. The van der Waals surface area contributed by atoms with Gasteiger partial charge in [0, 0.05) is 53.3 Å². The fourth-order valence-corrected chi connectivity index (χ4v) is 11.8. The van der Waals surface area contributed by atoms with Gasteiger partial charge in [0.1, 0.15) is 0 Å². The van der Waals surface area contributed by atoms with Crippen molar-refractivity contribution in [3.63, 3.8) is 0 Å². The number of para-hydroxylation sites is 1. The summed E-state index contributed by atoms with van der Waals surface area (Å²) < 4.78 is 4.75. The number of hydrogen-bond donors (Lipinski definition) is 0. The number of fused-ring (bicyclic) bond motifs is 8. The molecule has 0 N–H and O–H groups in total. The summed E-state index contributed by atoms with van der Waals surface area (Å²) in [6.45, 7) is 0. The van der Waals surface area contributed by atoms with Crippen LogP contribution < -0.4 is 0 Å². The van der Waals surface area contributed by atoms with E-state index in [1.807, 2.05) is 0 Å². The summed E-state index contributed by atoms with van der Waals surface area (Å²) in [7, 11) is 0. The van der Waals surface area contributed by atoms with E-state index in [-0.39, 0.29) is 0 Å². The van der Waals surface area contributed by atoms with Crippen molar-refractivity contribution in [1.29, 1.82) is 0 Å². The van der Waals surface area contributed by atoms with E-state index in [9.17, 15) is 0 Å². The van der Waals surface area contributed by atoms with Crippen LogP contribution in [0, 0.1) is 0 Å². The van der Waals surface area contributed by atoms with Gasteiger partial charge in [-0.2, -0.15) is 0 Å². The van der Waals surface area contributed by atoms with Gasteiger partial charge < -0.3 is 4.57 Å². The molecule has 0 radical (unpaired) electrons. The van der Waals surface area contributed by atoms with Crippen LogP contribution in [0.15, 0.2) is 255 Å². The Morgan fingerprint density at radius 2 is 0.764 bits per heavy atom. The van der Waals surface area contributed by atoms with E-state index >= 15 is 0 Å². The van der Waals surface area contributed by atoms with Crippen LogP contribution in [-0.2, 0) is 0 Å². The topological polar surface area (TPSA) is 43.6 Å². The lowest BCUT2D eigenvalue weighted by atomic mass is 9.95. The van der Waals surface area contributed by atoms with E-state index in [0.717, 1.165) is 71.6 Å². The van der Waals surface area contributed by atoms with Crippen molar-refractivity contribution in [2.45, 2.75) is 0 Å². The first-order valence-electron chi connectivity index (χ1n) is 24.3. The summed E-state index contributed by atoms with van der Waals surface area (Å²) in [5.41, 5.74) is 15.1. The molecular formula is C67H42N4S. The van der Waals surface area contributed by atoms with Crippen LogP contribution in [0.25, 0.3) is 137 Å². The Hall–Kier alpha value is -9.29. The van der Waals surface area contributed by atoms with Gasteiger partial charge in [-0.15, -0.1) is 11.3 Å². The van der Waals surface area contributed by atoms with Crippen molar-refractivity contribution >= 4 is 64.1 Å². The fraction of sp³-hybridized carbons (Fsp3) is 0. The molecule has 3 aromatic heterocycles. The molecule has 0 unspecified atom stereocenters. The largest absolute Gasteiger partial charge is 0.309 e. The predicted molar refractivity (Wildman–Crippen MR) is 303 cm³/mol. The molecule has 0 saturated carbocycles. The molecular weight excluding hydrogens is 893 g/mol. The summed E-state index contributed by atoms with van der Waals surface area (Å²) in [6.07, 6.45) is 0. The molecule has 5 heteroatoms. The minimum absolute atomic E-state index is 0.607. The fourth-order valence-electron chi connectivity index (χ4n) is 10.6. The molecule has 0 saturated heterocycles. The summed E-state index contributed by atoms with van der Waals surface area (Å²) >= 11 is 1.80. The Kier molecular flexibility index (Phi) is 10.0. The maximum Gasteiger partial charge on any atom is 0.165 e. The zero-order valence-corrected chi connectivity index (χ0v) is 39.8. The number of aromatic nitrogens is 4. The van der Waals surface area contributed by atoms with E-state index in [1.54, 1.807) is 11.3 Å². The lowest BCUT2D eigenvalue weighted by Crippen LogP contribution is -2.01. The molecule has 72 heavy (non-hydrogen) atoms. The Bertz CT molecular complexity index is 4110. The van der Waals surface area contributed by atoms with Crippen molar-refractivity contribution in [2.75, 3.05) is 0 Å². The number of thiophene rings is 1. The lowest BCUT2D eigenvalue weighted by molar-refractivity contribution is 1.08. The lowest BCUT2D eigenvalue weighted by Gasteiger charge is -2.14. The minimum atomic E-state index is 0.607. The first-order chi connectivity index (χ1) is 35.7. The Balaban J connectivity index is 0.993. The molecule has 0 aliphatic carbocycles. The average Bonchev–Trinajstić information content (AvgIpc) is 4.01. The number of benzene rings is 11. The Labute approximate surface area is 420 Å². The molecule has 336 valence electrons. The van der Waals surface area contributed by atoms with Crippen molar-refractivity contribution in [3.05, 3.63) is 255 Å². The van der Waals surface area contributed by atoms with Crippen LogP contribution in [0.2, 0.25) is 0 Å². The maximum absolute atomic E-state index is 5.48. The van der Waals surface area contributed by atoms with Gasteiger partial charge in [-0.05, 0) is 122 Å². The molecule has 14 aromatic rings. The van der Waals surface area contributed by atoms with Gasteiger partial charge >= 0.3 is 0 Å². The summed E-state index contributed by atoms with van der Waals surface area (Å²) in [5, 5.41) is 7.41. The highest BCUT2D eigenvalue weighted by Crippen LogP contribution is 2.43. The van der Waals surface area contributed by atoms with Gasteiger partial charge in [0.2, 0.25) is 0 Å². The molecule has 0 spiro atoms. The second-order valence-corrected chi connectivity index (χ2v) is 19.4. The van der Waals surface area contributed by atoms with Gasteiger partial charge in [0.15, 0.2) is 17.5 Å². The van der Waals surface area contributed by atoms with Crippen LogP contribution in [0.3, 0.4) is 0 Å². The first-order valence-corrected chi connectivity index (χ1v) is 25.1. The molecule has 0 atom stereocenters. The minimum Gasteiger partial charge on any atom is -0.309 e. The average molecular weight is 935 g/mol. The molecule has 11 aromatic carbocycles. The van der Waals surface area contributed by atoms with Crippen LogP contribution in [0.1, 0.15) is 0 Å². The SMILES string of the molecule is c1ccc(-c2cc(-c3ccccc3)cc(-c3nc(-c4cc(-c5ccccc5)cc(-c5ccccc5)c4)nc(-c4cccc5c4sc4cc(-n6c7ccccc7c7c8ccccc8ccc76)ccc45)n3)c2)cc1. The zero-order chi connectivity index (χ0) is 47.5. The van der Waals surface area contributed by atoms with Gasteiger partial charge in [-0.3, -0.25) is 0 Å². The van der Waals surface area contributed by atoms with E-state index in [1.165, 1.54) is 48.1 Å². The molecule has 0 fully saturated rings. The third kappa shape index (κ3) is 7.26. The normalized spacial score (nSPS) is 11.6. The first kappa shape index (κ1) is 41.7. The molecule has 0 bridgehead atoms. The standard InChI is InChI=1S/C67H42N4S/c1-5-18-43(19-6-1)48-36-49(44-20-7-2-8-21-44)39-52(38-48)65-68-66(53-40-50(45-22-9-3-10-23-45)37-51(41-53)46-24-11-4-12-25-46)70-67(69-65)59-30-17-29-57-56-34-33-54(42-62(56)72-64(57)59)71-60-31-16-15-28-58(60)63-55-27-14-13-26-47(55)32-35-61(63)71/h1-42H. The predicted octanol–water partition coefficient (Wildman–Crippen LogP) is 18.2. The van der Waals surface area contributed by atoms with Crippen LogP contribution in [0.5, 0.6) is 0 Å². The molecule has 14 rings (SSSR count). The van der Waals surface area contributed by atoms with Gasteiger partial charge in [-0.1, -0.05) is 188 Å². The highest BCUT2D eigenvalue weighted by molar-refractivity contribution is 7.26. The van der Waals surface area contributed by atoms with Crippen LogP contribution in [0.4, 0.5) is 0 Å². The zero-order valence-electron chi connectivity index (χ0n) is 38.9. The second-order valence-electron chi connectivity index (χ2n) is 18.4. The summed E-state index contributed by atoms with van der Waals surface area (Å²) in [4.78, 5) is 16.4. The van der Waals surface area contributed by atoms with Crippen molar-refractivity contribution in [1.82, 2.24) is 19.5 Å². The van der Waals surface area contributed by atoms with Gasteiger partial charge in [0.05, 0.1) is 11.0 Å². The quantitative estimate of drug-likeness (QED) is 0.152. The monoisotopic (exact) mass is 934 g/mol. The Morgan fingerprint density at radius 1 is 0.292 bits per heavy atom. The highest BCUT2D eigenvalue weighted by Gasteiger charge is 2.21.